The molecule has 1 aliphatic heterocycles. The van der Waals surface area contributed by atoms with Crippen molar-refractivity contribution in [2.45, 2.75) is 37.1 Å². The van der Waals surface area contributed by atoms with Crippen LogP contribution in [-0.2, 0) is 17.1 Å². The molecular formula is C29H28BrClN4O4S. The van der Waals surface area contributed by atoms with E-state index in [1.54, 1.807) is 47.8 Å². The molecule has 1 aromatic heterocycles. The Kier molecular flexibility index (Phi) is 7.69. The first-order chi connectivity index (χ1) is 19.0. The molecule has 2 atom stereocenters. The predicted molar refractivity (Wildman–Crippen MR) is 160 cm³/mol. The summed E-state index contributed by atoms with van der Waals surface area (Å²) in [7, 11) is -2.64. The standard InChI is InChI=1S/C29H28BrClN4O4S/c1-18-15-22(20-9-12-23(30)13-10-20)17-34(18)28(36)21-11-14-25(31)26(16-21)40(38,39)32-27-19(2)33(3)35(29(27)37)24-7-5-4-6-8-24/h4-14,16,18,22,32H,15,17H2,1-3H3. The summed E-state index contributed by atoms with van der Waals surface area (Å²) < 4.78 is 33.4. The van der Waals surface area contributed by atoms with Crippen LogP contribution in [0.3, 0.4) is 0 Å². The minimum absolute atomic E-state index is 0.0292. The van der Waals surface area contributed by atoms with Gasteiger partial charge in [0.25, 0.3) is 21.5 Å². The van der Waals surface area contributed by atoms with Crippen LogP contribution < -0.4 is 10.3 Å². The summed E-state index contributed by atoms with van der Waals surface area (Å²) in [6, 6.07) is 21.2. The number of benzene rings is 3. The van der Waals surface area contributed by atoms with Gasteiger partial charge >= 0.3 is 0 Å². The summed E-state index contributed by atoms with van der Waals surface area (Å²) in [6.45, 7) is 4.16. The first kappa shape index (κ1) is 28.2. The van der Waals surface area contributed by atoms with Gasteiger partial charge in [0, 0.05) is 35.6 Å². The van der Waals surface area contributed by atoms with E-state index in [0.29, 0.717) is 17.9 Å². The van der Waals surface area contributed by atoms with Crippen LogP contribution in [0.4, 0.5) is 5.69 Å². The summed E-state index contributed by atoms with van der Waals surface area (Å²) in [5.41, 5.74) is 1.75. The molecule has 208 valence electrons. The van der Waals surface area contributed by atoms with Gasteiger partial charge in [0.2, 0.25) is 0 Å². The lowest BCUT2D eigenvalue weighted by Gasteiger charge is -2.22. The van der Waals surface area contributed by atoms with Gasteiger partial charge in [0.05, 0.1) is 16.4 Å². The van der Waals surface area contributed by atoms with Crippen LogP contribution in [0.5, 0.6) is 0 Å². The van der Waals surface area contributed by atoms with Crippen molar-refractivity contribution in [1.82, 2.24) is 14.3 Å². The number of hydrogen-bond acceptors (Lipinski definition) is 4. The van der Waals surface area contributed by atoms with E-state index >= 15 is 0 Å². The van der Waals surface area contributed by atoms with E-state index in [9.17, 15) is 18.0 Å². The van der Waals surface area contributed by atoms with Crippen LogP contribution in [0, 0.1) is 6.92 Å². The van der Waals surface area contributed by atoms with Crippen molar-refractivity contribution in [2.75, 3.05) is 11.3 Å². The van der Waals surface area contributed by atoms with Gasteiger partial charge in [-0.3, -0.25) is 19.0 Å². The number of amides is 1. The first-order valence-corrected chi connectivity index (χ1v) is 15.4. The number of nitrogens with zero attached hydrogens (tertiary/aromatic N) is 3. The van der Waals surface area contributed by atoms with Gasteiger partial charge < -0.3 is 4.90 Å². The fourth-order valence-corrected chi connectivity index (χ4v) is 7.08. The van der Waals surface area contributed by atoms with E-state index in [4.69, 9.17) is 11.6 Å². The molecule has 0 aliphatic carbocycles. The molecule has 8 nitrogen and oxygen atoms in total. The van der Waals surface area contributed by atoms with E-state index in [0.717, 1.165) is 16.5 Å². The maximum Gasteiger partial charge on any atom is 0.296 e. The minimum Gasteiger partial charge on any atom is -0.335 e. The SMILES string of the molecule is Cc1c(NS(=O)(=O)c2cc(C(=O)N3CC(c4ccc(Br)cc4)CC3C)ccc2Cl)c(=O)n(-c2ccccc2)n1C. The molecule has 2 heterocycles. The second-order valence-electron chi connectivity index (χ2n) is 9.98. The number of rotatable bonds is 6. The fraction of sp³-hybridized carbons (Fsp3) is 0.241. The molecule has 5 rings (SSSR count). The molecule has 1 amide bonds. The number of anilines is 1. The summed E-state index contributed by atoms with van der Waals surface area (Å²) >= 11 is 9.79. The highest BCUT2D eigenvalue weighted by Gasteiger charge is 2.34. The van der Waals surface area contributed by atoms with Crippen molar-refractivity contribution in [3.63, 3.8) is 0 Å². The largest absolute Gasteiger partial charge is 0.335 e. The number of aromatic nitrogens is 2. The molecule has 0 bridgehead atoms. The normalized spacial score (nSPS) is 17.3. The quantitative estimate of drug-likeness (QED) is 0.291. The third-order valence-electron chi connectivity index (χ3n) is 7.44. The van der Waals surface area contributed by atoms with Crippen LogP contribution in [0.1, 0.15) is 40.9 Å². The highest BCUT2D eigenvalue weighted by molar-refractivity contribution is 9.10. The minimum atomic E-state index is -4.31. The number of halogens is 2. The van der Waals surface area contributed by atoms with E-state index < -0.39 is 15.6 Å². The third kappa shape index (κ3) is 5.23. The summed E-state index contributed by atoms with van der Waals surface area (Å²) in [5.74, 6) is -0.0976. The molecule has 3 aromatic carbocycles. The molecule has 4 aromatic rings. The highest BCUT2D eigenvalue weighted by Crippen LogP contribution is 2.34. The van der Waals surface area contributed by atoms with Crippen LogP contribution in [0.15, 0.2) is 87.0 Å². The van der Waals surface area contributed by atoms with Crippen LogP contribution in [0.2, 0.25) is 5.02 Å². The van der Waals surface area contributed by atoms with Crippen molar-refractivity contribution < 1.29 is 13.2 Å². The summed E-state index contributed by atoms with van der Waals surface area (Å²) in [6.07, 6.45) is 0.800. The monoisotopic (exact) mass is 642 g/mol. The molecule has 1 aliphatic rings. The number of hydrogen-bond donors (Lipinski definition) is 1. The van der Waals surface area contributed by atoms with E-state index in [2.05, 4.69) is 20.7 Å². The zero-order valence-corrected chi connectivity index (χ0v) is 25.3. The molecule has 11 heteroatoms. The van der Waals surface area contributed by atoms with Crippen molar-refractivity contribution in [3.8, 4) is 5.69 Å². The van der Waals surface area contributed by atoms with Gasteiger partial charge in [-0.1, -0.05) is 57.9 Å². The molecule has 1 fully saturated rings. The molecule has 1 N–H and O–H groups in total. The average molecular weight is 644 g/mol. The van der Waals surface area contributed by atoms with E-state index in [-0.39, 0.29) is 39.0 Å². The molecule has 0 radical (unpaired) electrons. The van der Waals surface area contributed by atoms with Crippen molar-refractivity contribution >= 4 is 49.1 Å². The number of sulfonamides is 1. The van der Waals surface area contributed by atoms with Gasteiger partial charge in [0.1, 0.15) is 10.6 Å². The Morgan fingerprint density at radius 1 is 1.05 bits per heavy atom. The topological polar surface area (TPSA) is 93.4 Å². The van der Waals surface area contributed by atoms with Crippen molar-refractivity contribution in [3.05, 3.63) is 109 Å². The molecule has 0 spiro atoms. The summed E-state index contributed by atoms with van der Waals surface area (Å²) in [5, 5.41) is -0.0526. The Morgan fingerprint density at radius 2 is 1.73 bits per heavy atom. The number of para-hydroxylation sites is 1. The maximum absolute atomic E-state index is 13.6. The van der Waals surface area contributed by atoms with Crippen LogP contribution in [0.25, 0.3) is 5.69 Å². The van der Waals surface area contributed by atoms with Crippen molar-refractivity contribution in [2.24, 2.45) is 7.05 Å². The van der Waals surface area contributed by atoms with Gasteiger partial charge in [0.15, 0.2) is 0 Å². The Balaban J connectivity index is 1.43. The average Bonchev–Trinajstić information content (AvgIpc) is 3.41. The zero-order valence-electron chi connectivity index (χ0n) is 22.1. The van der Waals surface area contributed by atoms with Crippen molar-refractivity contribution in [1.29, 1.82) is 0 Å². The molecule has 40 heavy (non-hydrogen) atoms. The molecular weight excluding hydrogens is 616 g/mol. The Bertz CT molecular complexity index is 1750. The lowest BCUT2D eigenvalue weighted by molar-refractivity contribution is 0.0745. The third-order valence-corrected chi connectivity index (χ3v) is 9.80. The lowest BCUT2D eigenvalue weighted by atomic mass is 9.97. The number of likely N-dealkylation sites (tertiary alicyclic amines) is 1. The second-order valence-corrected chi connectivity index (χ2v) is 13.0. The van der Waals surface area contributed by atoms with Crippen LogP contribution >= 0.6 is 27.5 Å². The number of carbonyl (C=O) groups excluding carboxylic acids is 1. The van der Waals surface area contributed by atoms with Gasteiger partial charge in [-0.2, -0.15) is 0 Å². The van der Waals surface area contributed by atoms with Gasteiger partial charge in [-0.25, -0.2) is 13.1 Å². The second kappa shape index (κ2) is 10.9. The first-order valence-electron chi connectivity index (χ1n) is 12.7. The van der Waals surface area contributed by atoms with Gasteiger partial charge in [-0.15, -0.1) is 0 Å². The van der Waals surface area contributed by atoms with E-state index in [1.165, 1.54) is 22.9 Å². The fourth-order valence-electron chi connectivity index (χ4n) is 5.17. The van der Waals surface area contributed by atoms with Crippen LogP contribution in [-0.4, -0.2) is 41.2 Å². The molecule has 0 saturated carbocycles. The Hall–Kier alpha value is -3.34. The maximum atomic E-state index is 13.6. The lowest BCUT2D eigenvalue weighted by Crippen LogP contribution is -2.34. The smallest absolute Gasteiger partial charge is 0.296 e. The zero-order chi connectivity index (χ0) is 28.8. The number of nitrogens with one attached hydrogen (secondary N) is 1. The Morgan fingerprint density at radius 3 is 2.40 bits per heavy atom. The number of carbonyl (C=O) groups is 1. The van der Waals surface area contributed by atoms with Gasteiger partial charge in [-0.05, 0) is 68.3 Å². The Labute approximate surface area is 246 Å². The van der Waals surface area contributed by atoms with E-state index in [1.807, 2.05) is 37.3 Å². The highest BCUT2D eigenvalue weighted by atomic mass is 79.9. The predicted octanol–water partition coefficient (Wildman–Crippen LogP) is 5.72. The summed E-state index contributed by atoms with van der Waals surface area (Å²) in [4.78, 5) is 28.3. The molecule has 2 unspecified atom stereocenters. The molecule has 1 saturated heterocycles.